The third kappa shape index (κ3) is 6.46. The molecule has 0 bridgehead atoms. The lowest BCUT2D eigenvalue weighted by atomic mass is 10.1. The van der Waals surface area contributed by atoms with Crippen LogP contribution >= 0.6 is 0 Å². The van der Waals surface area contributed by atoms with Gasteiger partial charge in [-0.1, -0.05) is 18.2 Å². The molecule has 0 saturated heterocycles. The molecule has 0 amide bonds. The molecule has 0 atom stereocenters. The van der Waals surface area contributed by atoms with Crippen LogP contribution in [0.15, 0.2) is 18.2 Å². The van der Waals surface area contributed by atoms with Gasteiger partial charge in [0.05, 0.1) is 0 Å². The van der Waals surface area contributed by atoms with Crippen molar-refractivity contribution >= 4 is 22.8 Å². The molecule has 0 aliphatic rings. The SMILES string of the molecule is CCO[Si](Cc1cccc([Si](OCC)(OCC)OCC)c1C)(OCC)OCC. The van der Waals surface area contributed by atoms with Crippen molar-refractivity contribution in [2.24, 2.45) is 0 Å². The van der Waals surface area contributed by atoms with E-state index in [2.05, 4.69) is 19.1 Å². The van der Waals surface area contributed by atoms with Crippen molar-refractivity contribution in [3.63, 3.8) is 0 Å². The highest BCUT2D eigenvalue weighted by Crippen LogP contribution is 2.22. The van der Waals surface area contributed by atoms with Crippen molar-refractivity contribution in [3.05, 3.63) is 29.3 Å². The molecule has 0 heterocycles. The Morgan fingerprint density at radius 2 is 1.07 bits per heavy atom. The van der Waals surface area contributed by atoms with Gasteiger partial charge < -0.3 is 26.6 Å². The zero-order valence-electron chi connectivity index (χ0n) is 18.6. The highest BCUT2D eigenvalue weighted by molar-refractivity contribution is 6.76. The van der Waals surface area contributed by atoms with Gasteiger partial charge in [-0.2, -0.15) is 0 Å². The van der Waals surface area contributed by atoms with Crippen LogP contribution in [0.4, 0.5) is 0 Å². The second-order valence-electron chi connectivity index (χ2n) is 6.10. The van der Waals surface area contributed by atoms with E-state index >= 15 is 0 Å². The normalized spacial score (nSPS) is 12.5. The van der Waals surface area contributed by atoms with Crippen LogP contribution in [0.25, 0.3) is 0 Å². The molecule has 28 heavy (non-hydrogen) atoms. The number of hydrogen-bond acceptors (Lipinski definition) is 6. The summed E-state index contributed by atoms with van der Waals surface area (Å²) >= 11 is 0. The lowest BCUT2D eigenvalue weighted by Gasteiger charge is -2.32. The molecule has 1 aromatic carbocycles. The van der Waals surface area contributed by atoms with Crippen molar-refractivity contribution in [2.45, 2.75) is 54.5 Å². The molecule has 0 unspecified atom stereocenters. The maximum atomic E-state index is 6.12. The van der Waals surface area contributed by atoms with E-state index in [9.17, 15) is 0 Å². The van der Waals surface area contributed by atoms with Crippen LogP contribution in [0.2, 0.25) is 0 Å². The lowest BCUT2D eigenvalue weighted by molar-refractivity contribution is 0.0702. The molecule has 0 spiro atoms. The number of hydrogen-bond donors (Lipinski definition) is 0. The molecule has 0 saturated carbocycles. The van der Waals surface area contributed by atoms with E-state index in [4.69, 9.17) is 26.6 Å². The van der Waals surface area contributed by atoms with Gasteiger partial charge in [-0.3, -0.25) is 0 Å². The Hall–Kier alpha value is -0.586. The van der Waals surface area contributed by atoms with Gasteiger partial charge in [0.15, 0.2) is 0 Å². The third-order valence-corrected chi connectivity index (χ3v) is 10.5. The average molecular weight is 431 g/mol. The standard InChI is InChI=1S/C20H38O6Si2/c1-8-21-27(22-9-2,23-10-3)17-19-15-14-16-20(18(19)7)28(24-11-4,25-12-5)26-13-6/h14-16H,8-13,17H2,1-7H3. The van der Waals surface area contributed by atoms with E-state index in [0.29, 0.717) is 45.7 Å². The van der Waals surface area contributed by atoms with Crippen LogP contribution in [0.5, 0.6) is 0 Å². The monoisotopic (exact) mass is 430 g/mol. The van der Waals surface area contributed by atoms with Crippen molar-refractivity contribution in [1.82, 2.24) is 0 Å². The summed E-state index contributed by atoms with van der Waals surface area (Å²) in [6.45, 7) is 17.2. The quantitative estimate of drug-likeness (QED) is 0.398. The second-order valence-corrected chi connectivity index (χ2v) is 11.2. The summed E-state index contributed by atoms with van der Waals surface area (Å²) in [7, 11) is -5.80. The zero-order valence-corrected chi connectivity index (χ0v) is 20.6. The zero-order chi connectivity index (χ0) is 21.0. The van der Waals surface area contributed by atoms with Crippen LogP contribution < -0.4 is 5.19 Å². The summed E-state index contributed by atoms with van der Waals surface area (Å²) in [5.41, 5.74) is 2.22. The minimum atomic E-state index is -2.99. The maximum absolute atomic E-state index is 6.12. The molecule has 0 aromatic heterocycles. The smallest absolute Gasteiger partial charge is 0.374 e. The Morgan fingerprint density at radius 1 is 0.643 bits per heavy atom. The Morgan fingerprint density at radius 3 is 1.46 bits per heavy atom. The van der Waals surface area contributed by atoms with Gasteiger partial charge in [0, 0.05) is 50.9 Å². The fourth-order valence-corrected chi connectivity index (χ4v) is 8.81. The topological polar surface area (TPSA) is 55.4 Å². The first kappa shape index (κ1) is 25.5. The van der Waals surface area contributed by atoms with Crippen molar-refractivity contribution in [3.8, 4) is 0 Å². The lowest BCUT2D eigenvalue weighted by Crippen LogP contribution is -2.58. The largest absolute Gasteiger partial charge is 0.537 e. The molecule has 0 aliphatic heterocycles. The minimum Gasteiger partial charge on any atom is -0.374 e. The van der Waals surface area contributed by atoms with Gasteiger partial charge in [-0.15, -0.1) is 0 Å². The van der Waals surface area contributed by atoms with Crippen molar-refractivity contribution in [1.29, 1.82) is 0 Å². The maximum Gasteiger partial charge on any atom is 0.537 e. The van der Waals surface area contributed by atoms with Crippen LogP contribution in [-0.4, -0.2) is 57.3 Å². The van der Waals surface area contributed by atoms with E-state index in [0.717, 1.165) is 16.3 Å². The van der Waals surface area contributed by atoms with Crippen LogP contribution in [-0.2, 0) is 32.6 Å². The summed E-state index contributed by atoms with van der Waals surface area (Å²) < 4.78 is 36.5. The highest BCUT2D eigenvalue weighted by Gasteiger charge is 2.46. The summed E-state index contributed by atoms with van der Waals surface area (Å²) in [6, 6.07) is 6.79. The van der Waals surface area contributed by atoms with Crippen molar-refractivity contribution in [2.75, 3.05) is 39.6 Å². The predicted molar refractivity (Wildman–Crippen MR) is 116 cm³/mol. The van der Waals surface area contributed by atoms with E-state index in [1.54, 1.807) is 0 Å². The summed E-state index contributed by atoms with van der Waals surface area (Å²) in [5, 5.41) is 1.00. The molecule has 0 N–H and O–H groups in total. The first-order valence-corrected chi connectivity index (χ1v) is 14.1. The molecule has 8 heteroatoms. The minimum absolute atomic E-state index is 0.533. The highest BCUT2D eigenvalue weighted by atomic mass is 28.4. The van der Waals surface area contributed by atoms with Gasteiger partial charge in [0.1, 0.15) is 0 Å². The van der Waals surface area contributed by atoms with Crippen LogP contribution in [0, 0.1) is 6.92 Å². The van der Waals surface area contributed by atoms with Gasteiger partial charge in [0.2, 0.25) is 0 Å². The van der Waals surface area contributed by atoms with E-state index in [1.165, 1.54) is 0 Å². The Kier molecular flexibility index (Phi) is 11.7. The van der Waals surface area contributed by atoms with Crippen molar-refractivity contribution < 1.29 is 26.6 Å². The number of benzene rings is 1. The fourth-order valence-electron chi connectivity index (χ4n) is 3.31. The van der Waals surface area contributed by atoms with Gasteiger partial charge in [-0.25, -0.2) is 0 Å². The third-order valence-electron chi connectivity index (χ3n) is 4.28. The predicted octanol–water partition coefficient (Wildman–Crippen LogP) is 3.38. The van der Waals surface area contributed by atoms with Gasteiger partial charge in [-0.05, 0) is 59.6 Å². The number of rotatable bonds is 15. The summed E-state index contributed by atoms with van der Waals surface area (Å²) in [4.78, 5) is 0. The molecule has 0 aliphatic carbocycles. The average Bonchev–Trinajstić information content (AvgIpc) is 2.65. The first-order valence-electron chi connectivity index (χ1n) is 10.4. The van der Waals surface area contributed by atoms with E-state index in [1.807, 2.05) is 47.6 Å². The Labute approximate surface area is 173 Å². The Bertz CT molecular complexity index is 536. The van der Waals surface area contributed by atoms with E-state index in [-0.39, 0.29) is 0 Å². The summed E-state index contributed by atoms with van der Waals surface area (Å²) in [6.07, 6.45) is 0. The molecule has 162 valence electrons. The molecular formula is C20H38O6Si2. The molecule has 0 radical (unpaired) electrons. The molecule has 1 aromatic rings. The second kappa shape index (κ2) is 12.9. The van der Waals surface area contributed by atoms with E-state index < -0.39 is 17.6 Å². The van der Waals surface area contributed by atoms with Crippen LogP contribution in [0.1, 0.15) is 52.7 Å². The molecule has 6 nitrogen and oxygen atoms in total. The molecule has 0 fully saturated rings. The molecular weight excluding hydrogens is 392 g/mol. The Balaban J connectivity index is 3.39. The van der Waals surface area contributed by atoms with Gasteiger partial charge in [0.25, 0.3) is 0 Å². The van der Waals surface area contributed by atoms with Crippen LogP contribution in [0.3, 0.4) is 0 Å². The summed E-state index contributed by atoms with van der Waals surface area (Å²) in [5.74, 6) is 0. The van der Waals surface area contributed by atoms with Gasteiger partial charge >= 0.3 is 17.6 Å². The first-order chi connectivity index (χ1) is 13.5. The molecule has 1 rings (SSSR count). The fraction of sp³-hybridized carbons (Fsp3) is 0.700.